The third kappa shape index (κ3) is 4.71. The van der Waals surface area contributed by atoms with Crippen molar-refractivity contribution in [1.29, 1.82) is 0 Å². The van der Waals surface area contributed by atoms with Crippen LogP contribution in [0.1, 0.15) is 41.6 Å². The average Bonchev–Trinajstić information content (AvgIpc) is 3.21. The Labute approximate surface area is 158 Å². The third-order valence-electron chi connectivity index (χ3n) is 4.44. The van der Waals surface area contributed by atoms with Crippen LogP contribution in [0.2, 0.25) is 0 Å². The monoisotopic (exact) mass is 363 g/mol. The fraction of sp³-hybridized carbons (Fsp3) is 0.182. The Morgan fingerprint density at radius 1 is 1.00 bits per heavy atom. The number of amides is 1. The standard InChI is InChI=1S/C22H22N2O3/c1-15(22(26)24-19-11-6-10-18(14-19)16(2)25)23-21(20-12-7-13-27-20)17-8-4-3-5-9-17/h3-15,21,23H,1-2H3,(H,24,26)/p+1/t15-,21+/m0/s1. The molecule has 0 saturated carbocycles. The number of carbonyl (C=O) groups is 2. The Morgan fingerprint density at radius 2 is 1.78 bits per heavy atom. The van der Waals surface area contributed by atoms with Gasteiger partial charge in [0.15, 0.2) is 23.6 Å². The smallest absolute Gasteiger partial charge is 0.282 e. The molecule has 1 amide bonds. The number of nitrogens with one attached hydrogen (secondary N) is 1. The van der Waals surface area contributed by atoms with E-state index in [0.29, 0.717) is 11.3 Å². The van der Waals surface area contributed by atoms with E-state index in [-0.39, 0.29) is 23.8 Å². The molecule has 3 aromatic rings. The molecule has 0 unspecified atom stereocenters. The second kappa shape index (κ2) is 8.47. The summed E-state index contributed by atoms with van der Waals surface area (Å²) in [6.45, 7) is 3.36. The van der Waals surface area contributed by atoms with Crippen LogP contribution in [-0.4, -0.2) is 17.7 Å². The molecular formula is C22H23N2O3+. The van der Waals surface area contributed by atoms with E-state index < -0.39 is 0 Å². The first-order chi connectivity index (χ1) is 13.0. The van der Waals surface area contributed by atoms with Gasteiger partial charge in [-0.1, -0.05) is 42.5 Å². The molecule has 0 bridgehead atoms. The first-order valence-corrected chi connectivity index (χ1v) is 8.90. The molecule has 5 heteroatoms. The molecular weight excluding hydrogens is 340 g/mol. The van der Waals surface area contributed by atoms with Crippen molar-refractivity contribution in [2.45, 2.75) is 25.9 Å². The van der Waals surface area contributed by atoms with Crippen molar-refractivity contribution in [3.8, 4) is 0 Å². The number of hydrogen-bond acceptors (Lipinski definition) is 3. The number of Topliss-reactive ketones (excluding diaryl/α,β-unsaturated/α-hetero) is 1. The second-order valence-electron chi connectivity index (χ2n) is 6.51. The zero-order valence-electron chi connectivity index (χ0n) is 15.4. The van der Waals surface area contributed by atoms with E-state index in [2.05, 4.69) is 5.32 Å². The zero-order valence-corrected chi connectivity index (χ0v) is 15.4. The van der Waals surface area contributed by atoms with E-state index >= 15 is 0 Å². The van der Waals surface area contributed by atoms with Gasteiger partial charge in [-0.15, -0.1) is 0 Å². The molecule has 138 valence electrons. The van der Waals surface area contributed by atoms with E-state index in [4.69, 9.17) is 4.42 Å². The van der Waals surface area contributed by atoms with Gasteiger partial charge in [-0.25, -0.2) is 0 Å². The maximum Gasteiger partial charge on any atom is 0.282 e. The van der Waals surface area contributed by atoms with Crippen molar-refractivity contribution in [1.82, 2.24) is 0 Å². The Kier molecular flexibility index (Phi) is 5.84. The van der Waals surface area contributed by atoms with Crippen LogP contribution >= 0.6 is 0 Å². The predicted octanol–water partition coefficient (Wildman–Crippen LogP) is 3.16. The van der Waals surface area contributed by atoms with Crippen LogP contribution in [0, 0.1) is 0 Å². The molecule has 2 atom stereocenters. The lowest BCUT2D eigenvalue weighted by molar-refractivity contribution is -0.706. The number of quaternary nitrogens is 1. The molecule has 27 heavy (non-hydrogen) atoms. The van der Waals surface area contributed by atoms with Crippen LogP contribution < -0.4 is 10.6 Å². The molecule has 0 fully saturated rings. The van der Waals surface area contributed by atoms with E-state index in [9.17, 15) is 9.59 Å². The zero-order chi connectivity index (χ0) is 19.2. The minimum atomic E-state index is -0.360. The van der Waals surface area contributed by atoms with Gasteiger partial charge < -0.3 is 15.1 Å². The highest BCUT2D eigenvalue weighted by Gasteiger charge is 2.26. The number of anilines is 1. The normalized spacial score (nSPS) is 13.0. The summed E-state index contributed by atoms with van der Waals surface area (Å²) in [5.74, 6) is 0.621. The van der Waals surface area contributed by atoms with Crippen LogP contribution in [0.15, 0.2) is 77.4 Å². The Balaban J connectivity index is 1.74. The highest BCUT2D eigenvalue weighted by Crippen LogP contribution is 2.19. The van der Waals surface area contributed by atoms with Gasteiger partial charge in [-0.05, 0) is 38.1 Å². The molecule has 0 radical (unpaired) electrons. The summed E-state index contributed by atoms with van der Waals surface area (Å²) in [5.41, 5.74) is 2.25. The molecule has 3 rings (SSSR count). The summed E-state index contributed by atoms with van der Waals surface area (Å²) in [6, 6.07) is 20.2. The van der Waals surface area contributed by atoms with Crippen molar-refractivity contribution >= 4 is 17.4 Å². The lowest BCUT2D eigenvalue weighted by atomic mass is 10.0. The van der Waals surface area contributed by atoms with Gasteiger partial charge >= 0.3 is 0 Å². The minimum Gasteiger partial charge on any atom is -0.463 e. The quantitative estimate of drug-likeness (QED) is 0.633. The number of carbonyl (C=O) groups excluding carboxylic acids is 2. The number of nitrogens with two attached hydrogens (primary N) is 1. The molecule has 0 saturated heterocycles. The van der Waals surface area contributed by atoms with Crippen molar-refractivity contribution < 1.29 is 19.3 Å². The van der Waals surface area contributed by atoms with E-state index in [1.54, 1.807) is 30.5 Å². The van der Waals surface area contributed by atoms with Crippen LogP contribution in [0.5, 0.6) is 0 Å². The maximum absolute atomic E-state index is 12.7. The highest BCUT2D eigenvalue weighted by atomic mass is 16.3. The molecule has 0 spiro atoms. The van der Waals surface area contributed by atoms with Gasteiger partial charge in [-0.3, -0.25) is 9.59 Å². The van der Waals surface area contributed by atoms with Crippen LogP contribution in [0.4, 0.5) is 5.69 Å². The summed E-state index contributed by atoms with van der Waals surface area (Å²) in [6.07, 6.45) is 1.64. The first kappa shape index (κ1) is 18.6. The number of ketones is 1. The molecule has 0 aliphatic carbocycles. The molecule has 0 aliphatic heterocycles. The van der Waals surface area contributed by atoms with Crippen LogP contribution in [0.25, 0.3) is 0 Å². The summed E-state index contributed by atoms with van der Waals surface area (Å²) >= 11 is 0. The molecule has 1 heterocycles. The Bertz CT molecular complexity index is 904. The van der Waals surface area contributed by atoms with Gasteiger partial charge in [0.25, 0.3) is 5.91 Å². The van der Waals surface area contributed by atoms with Crippen LogP contribution in [0.3, 0.4) is 0 Å². The third-order valence-corrected chi connectivity index (χ3v) is 4.44. The van der Waals surface area contributed by atoms with Gasteiger partial charge in [0.1, 0.15) is 0 Å². The van der Waals surface area contributed by atoms with E-state index in [0.717, 1.165) is 11.3 Å². The fourth-order valence-corrected chi connectivity index (χ4v) is 2.95. The van der Waals surface area contributed by atoms with E-state index in [1.165, 1.54) is 6.92 Å². The summed E-state index contributed by atoms with van der Waals surface area (Å²) < 4.78 is 5.59. The molecule has 3 N–H and O–H groups in total. The van der Waals surface area contributed by atoms with Gasteiger partial charge in [0, 0.05) is 16.8 Å². The number of rotatable bonds is 7. The maximum atomic E-state index is 12.7. The molecule has 0 aliphatic rings. The van der Waals surface area contributed by atoms with Gasteiger partial charge in [0.2, 0.25) is 0 Å². The topological polar surface area (TPSA) is 75.9 Å². The summed E-state index contributed by atoms with van der Waals surface area (Å²) in [4.78, 5) is 24.2. The minimum absolute atomic E-state index is 0.0346. The van der Waals surface area contributed by atoms with Gasteiger partial charge in [0.05, 0.1) is 6.26 Å². The van der Waals surface area contributed by atoms with Gasteiger partial charge in [-0.2, -0.15) is 0 Å². The van der Waals surface area contributed by atoms with Crippen molar-refractivity contribution in [2.75, 3.05) is 5.32 Å². The molecule has 5 nitrogen and oxygen atoms in total. The average molecular weight is 363 g/mol. The Morgan fingerprint density at radius 3 is 2.44 bits per heavy atom. The van der Waals surface area contributed by atoms with Crippen molar-refractivity contribution in [2.24, 2.45) is 0 Å². The highest BCUT2D eigenvalue weighted by molar-refractivity contribution is 5.97. The number of benzene rings is 2. The van der Waals surface area contributed by atoms with Crippen molar-refractivity contribution in [3.05, 3.63) is 89.9 Å². The summed E-state index contributed by atoms with van der Waals surface area (Å²) in [5, 5.41) is 4.86. The van der Waals surface area contributed by atoms with Crippen LogP contribution in [-0.2, 0) is 4.79 Å². The molecule has 2 aromatic carbocycles. The molecule has 1 aromatic heterocycles. The largest absolute Gasteiger partial charge is 0.463 e. The second-order valence-corrected chi connectivity index (χ2v) is 6.51. The van der Waals surface area contributed by atoms with E-state index in [1.807, 2.05) is 54.7 Å². The lowest BCUT2D eigenvalue weighted by Gasteiger charge is -2.19. The lowest BCUT2D eigenvalue weighted by Crippen LogP contribution is -2.92. The predicted molar refractivity (Wildman–Crippen MR) is 103 cm³/mol. The first-order valence-electron chi connectivity index (χ1n) is 8.90. The Hall–Kier alpha value is -3.18. The number of hydrogen-bond donors (Lipinski definition) is 2. The van der Waals surface area contributed by atoms with Crippen molar-refractivity contribution in [3.63, 3.8) is 0 Å². The fourth-order valence-electron chi connectivity index (χ4n) is 2.95. The summed E-state index contributed by atoms with van der Waals surface area (Å²) in [7, 11) is 0. The number of furan rings is 1. The SMILES string of the molecule is CC(=O)c1cccc(NC(=O)[C@H](C)[NH2+][C@H](c2ccccc2)c2ccco2)c1.